The van der Waals surface area contributed by atoms with Gasteiger partial charge in [-0.2, -0.15) is 0 Å². The molecular formula is C11H15BrClF2NO3. The third-order valence-electron chi connectivity index (χ3n) is 2.50. The number of aliphatic hydroxyl groups is 1. The van der Waals surface area contributed by atoms with Crippen LogP contribution < -0.4 is 15.2 Å². The van der Waals surface area contributed by atoms with E-state index in [0.29, 0.717) is 16.0 Å². The Bertz CT molecular complexity index is 435. The van der Waals surface area contributed by atoms with Crippen LogP contribution >= 0.6 is 28.3 Å². The van der Waals surface area contributed by atoms with Crippen LogP contribution in [0.25, 0.3) is 0 Å². The van der Waals surface area contributed by atoms with Gasteiger partial charge in [0.15, 0.2) is 11.5 Å². The molecule has 0 heterocycles. The molecule has 110 valence electrons. The molecule has 19 heavy (non-hydrogen) atoms. The fourth-order valence-corrected chi connectivity index (χ4v) is 2.00. The van der Waals surface area contributed by atoms with Crippen molar-refractivity contribution >= 4 is 28.3 Å². The van der Waals surface area contributed by atoms with Crippen LogP contribution in [0.4, 0.5) is 8.78 Å². The Morgan fingerprint density at radius 2 is 1.79 bits per heavy atom. The Morgan fingerprint density at radius 1 is 1.32 bits per heavy atom. The second-order valence-electron chi connectivity index (χ2n) is 3.63. The monoisotopic (exact) mass is 361 g/mol. The number of ether oxygens (including phenoxy) is 2. The number of alkyl halides is 2. The number of benzene rings is 1. The summed E-state index contributed by atoms with van der Waals surface area (Å²) in [7, 11) is 2.83. The SMILES string of the molecule is COc1cc(Br)c([C@H](N)C(F)(F)CO)cc1OC.Cl. The van der Waals surface area contributed by atoms with E-state index in [9.17, 15) is 8.78 Å². The summed E-state index contributed by atoms with van der Waals surface area (Å²) in [4.78, 5) is 0. The van der Waals surface area contributed by atoms with Crippen molar-refractivity contribution in [2.24, 2.45) is 5.73 Å². The van der Waals surface area contributed by atoms with Crippen molar-refractivity contribution in [3.63, 3.8) is 0 Å². The second-order valence-corrected chi connectivity index (χ2v) is 4.48. The Labute approximate surface area is 124 Å². The van der Waals surface area contributed by atoms with Crippen LogP contribution in [0.2, 0.25) is 0 Å². The van der Waals surface area contributed by atoms with Crippen molar-refractivity contribution < 1.29 is 23.4 Å². The lowest BCUT2D eigenvalue weighted by Gasteiger charge is -2.23. The molecule has 0 unspecified atom stereocenters. The van der Waals surface area contributed by atoms with E-state index in [1.165, 1.54) is 26.4 Å². The minimum Gasteiger partial charge on any atom is -0.493 e. The molecule has 0 aliphatic rings. The van der Waals surface area contributed by atoms with Gasteiger partial charge >= 0.3 is 0 Å². The lowest BCUT2D eigenvalue weighted by molar-refractivity contribution is -0.0713. The standard InChI is InChI=1S/C11H14BrF2NO3.ClH/c1-17-8-3-6(7(12)4-9(8)18-2)10(15)11(13,14)5-16;/h3-4,10,16H,5,15H2,1-2H3;1H/t10-;/m0./s1. The van der Waals surface area contributed by atoms with Gasteiger partial charge in [-0.3, -0.25) is 0 Å². The number of hydrogen-bond acceptors (Lipinski definition) is 4. The van der Waals surface area contributed by atoms with Crippen LogP contribution in [0, 0.1) is 0 Å². The summed E-state index contributed by atoms with van der Waals surface area (Å²) in [6, 6.07) is 1.20. The van der Waals surface area contributed by atoms with Crippen molar-refractivity contribution in [3.8, 4) is 11.5 Å². The number of aliphatic hydroxyl groups excluding tert-OH is 1. The summed E-state index contributed by atoms with van der Waals surface area (Å²) in [5, 5.41) is 8.64. The Balaban J connectivity index is 0.00000324. The zero-order valence-corrected chi connectivity index (χ0v) is 12.7. The molecule has 1 rings (SSSR count). The van der Waals surface area contributed by atoms with Gasteiger partial charge in [0.25, 0.3) is 5.92 Å². The number of nitrogens with two attached hydrogens (primary N) is 1. The fraction of sp³-hybridized carbons (Fsp3) is 0.455. The first kappa shape index (κ1) is 18.4. The summed E-state index contributed by atoms with van der Waals surface area (Å²) in [6.07, 6.45) is 0. The first-order chi connectivity index (χ1) is 8.37. The van der Waals surface area contributed by atoms with Crippen LogP contribution in [0.1, 0.15) is 11.6 Å². The predicted octanol–water partition coefficient (Wildman–Crippen LogP) is 2.52. The topological polar surface area (TPSA) is 64.7 Å². The molecule has 0 bridgehead atoms. The van der Waals surface area contributed by atoms with Crippen LogP contribution in [0.15, 0.2) is 16.6 Å². The van der Waals surface area contributed by atoms with Crippen molar-refractivity contribution in [1.29, 1.82) is 0 Å². The molecule has 1 atom stereocenters. The molecule has 0 aliphatic heterocycles. The van der Waals surface area contributed by atoms with Crippen molar-refractivity contribution in [3.05, 3.63) is 22.2 Å². The highest BCUT2D eigenvalue weighted by Gasteiger charge is 2.38. The normalized spacial score (nSPS) is 12.6. The van der Waals surface area contributed by atoms with Crippen molar-refractivity contribution in [2.75, 3.05) is 20.8 Å². The maximum Gasteiger partial charge on any atom is 0.289 e. The molecule has 8 heteroatoms. The Morgan fingerprint density at radius 3 is 2.21 bits per heavy atom. The third kappa shape index (κ3) is 3.92. The average Bonchev–Trinajstić information content (AvgIpc) is 2.37. The highest BCUT2D eigenvalue weighted by molar-refractivity contribution is 9.10. The summed E-state index contributed by atoms with van der Waals surface area (Å²) in [6.45, 7) is -1.32. The second kappa shape index (κ2) is 7.23. The van der Waals surface area contributed by atoms with Gasteiger partial charge in [0.2, 0.25) is 0 Å². The largest absolute Gasteiger partial charge is 0.493 e. The molecule has 0 spiro atoms. The molecule has 1 aromatic carbocycles. The molecule has 0 amide bonds. The van der Waals surface area contributed by atoms with Gasteiger partial charge in [0.05, 0.1) is 20.3 Å². The summed E-state index contributed by atoms with van der Waals surface area (Å²) in [5.41, 5.74) is 5.59. The lowest BCUT2D eigenvalue weighted by Crippen LogP contribution is -2.36. The van der Waals surface area contributed by atoms with E-state index in [-0.39, 0.29) is 18.0 Å². The molecule has 0 radical (unpaired) electrons. The third-order valence-corrected chi connectivity index (χ3v) is 3.19. The molecule has 4 nitrogen and oxygen atoms in total. The first-order valence-electron chi connectivity index (χ1n) is 5.03. The maximum absolute atomic E-state index is 13.4. The lowest BCUT2D eigenvalue weighted by atomic mass is 10.0. The van der Waals surface area contributed by atoms with Crippen LogP contribution in [-0.4, -0.2) is 31.9 Å². The molecule has 0 aromatic heterocycles. The van der Waals surface area contributed by atoms with Gasteiger partial charge in [0.1, 0.15) is 6.61 Å². The number of methoxy groups -OCH3 is 2. The maximum atomic E-state index is 13.4. The van der Waals surface area contributed by atoms with Crippen molar-refractivity contribution in [1.82, 2.24) is 0 Å². The summed E-state index contributed by atoms with van der Waals surface area (Å²) >= 11 is 3.14. The van der Waals surface area contributed by atoms with Crippen LogP contribution in [0.3, 0.4) is 0 Å². The summed E-state index contributed by atoms with van der Waals surface area (Å²) < 4.78 is 37.1. The van der Waals surface area contributed by atoms with Gasteiger partial charge in [-0.25, -0.2) is 8.78 Å². The Kier molecular flexibility index (Phi) is 6.99. The first-order valence-corrected chi connectivity index (χ1v) is 5.82. The minimum atomic E-state index is -3.41. The van der Waals surface area contributed by atoms with Gasteiger partial charge < -0.3 is 20.3 Å². The highest BCUT2D eigenvalue weighted by Crippen LogP contribution is 2.39. The van der Waals surface area contributed by atoms with Gasteiger partial charge in [0, 0.05) is 4.47 Å². The molecule has 3 N–H and O–H groups in total. The zero-order valence-electron chi connectivity index (χ0n) is 10.3. The van der Waals surface area contributed by atoms with Crippen LogP contribution in [0.5, 0.6) is 11.5 Å². The average molecular weight is 363 g/mol. The number of rotatable bonds is 5. The quantitative estimate of drug-likeness (QED) is 0.845. The molecule has 0 saturated heterocycles. The Hall–Kier alpha value is -0.630. The minimum absolute atomic E-state index is 0. The van der Waals surface area contributed by atoms with E-state index in [2.05, 4.69) is 15.9 Å². The molecular weight excluding hydrogens is 347 g/mol. The van der Waals surface area contributed by atoms with Gasteiger partial charge in [-0.15, -0.1) is 12.4 Å². The highest BCUT2D eigenvalue weighted by atomic mass is 79.9. The predicted molar refractivity (Wildman–Crippen MR) is 73.5 cm³/mol. The smallest absolute Gasteiger partial charge is 0.289 e. The molecule has 0 fully saturated rings. The van der Waals surface area contributed by atoms with E-state index < -0.39 is 18.6 Å². The molecule has 0 saturated carbocycles. The van der Waals surface area contributed by atoms with E-state index in [4.69, 9.17) is 20.3 Å². The van der Waals surface area contributed by atoms with E-state index >= 15 is 0 Å². The summed E-state index contributed by atoms with van der Waals surface area (Å²) in [5.74, 6) is -2.73. The molecule has 1 aromatic rings. The zero-order chi connectivity index (χ0) is 13.9. The van der Waals surface area contributed by atoms with E-state index in [0.717, 1.165) is 0 Å². The van der Waals surface area contributed by atoms with Gasteiger partial charge in [-0.1, -0.05) is 15.9 Å². The number of halogens is 4. The van der Waals surface area contributed by atoms with E-state index in [1.807, 2.05) is 0 Å². The van der Waals surface area contributed by atoms with E-state index in [1.54, 1.807) is 0 Å². The van der Waals surface area contributed by atoms with Gasteiger partial charge in [-0.05, 0) is 17.7 Å². The van der Waals surface area contributed by atoms with Crippen molar-refractivity contribution in [2.45, 2.75) is 12.0 Å². The number of hydrogen-bond donors (Lipinski definition) is 2. The van der Waals surface area contributed by atoms with Crippen LogP contribution in [-0.2, 0) is 0 Å². The fourth-order valence-electron chi connectivity index (χ4n) is 1.43. The molecule has 0 aliphatic carbocycles.